The molecule has 4 heteroatoms. The fourth-order valence-corrected chi connectivity index (χ4v) is 2.85. The van der Waals surface area contributed by atoms with E-state index in [9.17, 15) is 4.79 Å². The summed E-state index contributed by atoms with van der Waals surface area (Å²) in [4.78, 5) is 12.4. The molecule has 2 heterocycles. The van der Waals surface area contributed by atoms with E-state index >= 15 is 0 Å². The zero-order chi connectivity index (χ0) is 16.2. The summed E-state index contributed by atoms with van der Waals surface area (Å²) >= 11 is 0. The van der Waals surface area contributed by atoms with Crippen LogP contribution in [0.25, 0.3) is 0 Å². The quantitative estimate of drug-likeness (QED) is 0.586. The number of anilines is 1. The van der Waals surface area contributed by atoms with Crippen molar-refractivity contribution in [2.24, 2.45) is 0 Å². The molecule has 0 radical (unpaired) electrons. The van der Waals surface area contributed by atoms with Gasteiger partial charge in [0.1, 0.15) is 18.5 Å². The van der Waals surface area contributed by atoms with Crippen LogP contribution in [-0.4, -0.2) is 25.2 Å². The van der Waals surface area contributed by atoms with Crippen LogP contribution in [0.15, 0.2) is 42.5 Å². The summed E-state index contributed by atoms with van der Waals surface area (Å²) in [7, 11) is 0. The third-order valence-electron chi connectivity index (χ3n) is 4.21. The van der Waals surface area contributed by atoms with Crippen LogP contribution in [0.1, 0.15) is 37.7 Å². The predicted octanol–water partition coefficient (Wildman–Crippen LogP) is 3.80. The van der Waals surface area contributed by atoms with Gasteiger partial charge < -0.3 is 14.8 Å². The zero-order valence-corrected chi connectivity index (χ0v) is 13.5. The minimum atomic E-state index is -0.220. The molecule has 2 aliphatic heterocycles. The minimum Gasteiger partial charge on any atom is -0.490 e. The third-order valence-corrected chi connectivity index (χ3v) is 4.21. The third kappa shape index (κ3) is 3.64. The topological polar surface area (TPSA) is 50.9 Å². The highest BCUT2D eigenvalue weighted by atomic mass is 16.6. The summed E-state index contributed by atoms with van der Waals surface area (Å²) in [6, 6.07) is 5.76. The van der Waals surface area contributed by atoms with Gasteiger partial charge in [-0.15, -0.1) is 0 Å². The number of hydrogen-bond acceptors (Lipinski definition) is 3. The summed E-state index contributed by atoms with van der Waals surface area (Å²) in [5.41, 5.74) is 2.93. The van der Waals surface area contributed by atoms with E-state index in [1.54, 1.807) is 0 Å². The molecular formula is C19H23NO3. The Balaban J connectivity index is 1.82. The van der Waals surface area contributed by atoms with Crippen molar-refractivity contribution < 1.29 is 14.3 Å². The van der Waals surface area contributed by atoms with Gasteiger partial charge in [0, 0.05) is 11.3 Å². The molecule has 0 bridgehead atoms. The summed E-state index contributed by atoms with van der Waals surface area (Å²) in [5, 5.41) is 2.96. The van der Waals surface area contributed by atoms with Crippen LogP contribution in [0.4, 0.5) is 5.69 Å². The number of epoxide rings is 1. The monoisotopic (exact) mass is 313 g/mol. The molecule has 3 rings (SSSR count). The van der Waals surface area contributed by atoms with Crippen LogP contribution in [0, 0.1) is 0 Å². The molecule has 1 saturated heterocycles. The van der Waals surface area contributed by atoms with E-state index in [1.807, 2.05) is 24.3 Å². The molecule has 2 atom stereocenters. The van der Waals surface area contributed by atoms with E-state index in [4.69, 9.17) is 9.47 Å². The number of fused-ring (bicyclic) bond motifs is 1. The number of ether oxygens (including phenoxy) is 2. The summed E-state index contributed by atoms with van der Waals surface area (Å²) in [6.07, 6.45) is 6.95. The molecule has 0 spiro atoms. The van der Waals surface area contributed by atoms with E-state index < -0.39 is 0 Å². The van der Waals surface area contributed by atoms with Crippen LogP contribution in [0.5, 0.6) is 5.75 Å². The Labute approximate surface area is 137 Å². The lowest BCUT2D eigenvalue weighted by Gasteiger charge is -2.14. The summed E-state index contributed by atoms with van der Waals surface area (Å²) < 4.78 is 11.1. The van der Waals surface area contributed by atoms with Crippen molar-refractivity contribution in [3.63, 3.8) is 0 Å². The van der Waals surface area contributed by atoms with Crippen LogP contribution >= 0.6 is 0 Å². The molecule has 1 unspecified atom stereocenters. The highest BCUT2D eigenvalue weighted by molar-refractivity contribution is 6.04. The molecular weight excluding hydrogens is 290 g/mol. The first-order valence-electron chi connectivity index (χ1n) is 8.22. The second kappa shape index (κ2) is 7.01. The number of rotatable bonds is 8. The molecule has 23 heavy (non-hydrogen) atoms. The maximum absolute atomic E-state index is 12.4. The molecule has 0 aliphatic carbocycles. The fraction of sp³-hybridized carbons (Fsp3) is 0.421. The van der Waals surface area contributed by atoms with Crippen molar-refractivity contribution in [1.82, 2.24) is 0 Å². The lowest BCUT2D eigenvalue weighted by atomic mass is 9.91. The van der Waals surface area contributed by atoms with E-state index in [2.05, 4.69) is 24.9 Å². The van der Waals surface area contributed by atoms with Crippen molar-refractivity contribution in [2.75, 3.05) is 18.5 Å². The number of hydrogen-bond donors (Lipinski definition) is 1. The van der Waals surface area contributed by atoms with Crippen LogP contribution in [0.3, 0.4) is 0 Å². The molecule has 1 N–H and O–H groups in total. The van der Waals surface area contributed by atoms with Gasteiger partial charge in [-0.1, -0.05) is 43.7 Å². The van der Waals surface area contributed by atoms with E-state index in [-0.39, 0.29) is 17.9 Å². The van der Waals surface area contributed by atoms with Gasteiger partial charge in [-0.2, -0.15) is 0 Å². The molecule has 0 aromatic heterocycles. The van der Waals surface area contributed by atoms with Crippen molar-refractivity contribution in [3.8, 4) is 5.75 Å². The molecule has 2 aliphatic rings. The van der Waals surface area contributed by atoms with E-state index in [0.29, 0.717) is 13.0 Å². The van der Waals surface area contributed by atoms with Gasteiger partial charge in [-0.25, -0.2) is 0 Å². The van der Waals surface area contributed by atoms with E-state index in [1.165, 1.54) is 0 Å². The molecule has 1 amide bonds. The number of carbonyl (C=O) groups is 1. The smallest absolute Gasteiger partial charge is 0.232 e. The Hall–Kier alpha value is -2.07. The van der Waals surface area contributed by atoms with E-state index in [0.717, 1.165) is 42.0 Å². The molecule has 122 valence electrons. The predicted molar refractivity (Wildman–Crippen MR) is 90.9 cm³/mol. The average Bonchev–Trinajstić information content (AvgIpc) is 3.33. The second-order valence-electron chi connectivity index (χ2n) is 6.00. The van der Waals surface area contributed by atoms with Gasteiger partial charge in [-0.05, 0) is 25.0 Å². The molecule has 4 nitrogen and oxygen atoms in total. The van der Waals surface area contributed by atoms with Gasteiger partial charge in [0.05, 0.1) is 12.5 Å². The number of benzene rings is 1. The Bertz CT molecular complexity index is 632. The van der Waals surface area contributed by atoms with Gasteiger partial charge in [-0.3, -0.25) is 4.79 Å². The highest BCUT2D eigenvalue weighted by Crippen LogP contribution is 2.42. The number of amides is 1. The van der Waals surface area contributed by atoms with Crippen molar-refractivity contribution in [3.05, 3.63) is 48.1 Å². The first kappa shape index (κ1) is 15.8. The maximum Gasteiger partial charge on any atom is 0.232 e. The van der Waals surface area contributed by atoms with Crippen LogP contribution in [-0.2, 0) is 9.53 Å². The largest absolute Gasteiger partial charge is 0.490 e. The normalized spacial score (nSPS) is 22.5. The van der Waals surface area contributed by atoms with Crippen molar-refractivity contribution in [2.45, 2.75) is 38.2 Å². The fourth-order valence-electron chi connectivity index (χ4n) is 2.85. The number of nitrogens with one attached hydrogen (secondary N) is 1. The van der Waals surface area contributed by atoms with Crippen LogP contribution in [0.2, 0.25) is 0 Å². The number of unbranched alkanes of at least 4 members (excludes halogenated alkanes) is 1. The Morgan fingerprint density at radius 1 is 1.52 bits per heavy atom. The number of allylic oxidation sites excluding steroid dienone is 3. The Morgan fingerprint density at radius 3 is 3.04 bits per heavy atom. The molecule has 1 fully saturated rings. The van der Waals surface area contributed by atoms with Gasteiger partial charge in [0.2, 0.25) is 5.91 Å². The molecule has 1 aromatic rings. The molecule has 0 saturated carbocycles. The van der Waals surface area contributed by atoms with Crippen molar-refractivity contribution in [1.29, 1.82) is 0 Å². The molecule has 1 aromatic carbocycles. The lowest BCUT2D eigenvalue weighted by Crippen LogP contribution is -2.13. The second-order valence-corrected chi connectivity index (χ2v) is 6.00. The average molecular weight is 313 g/mol. The minimum absolute atomic E-state index is 0.0305. The zero-order valence-electron chi connectivity index (χ0n) is 13.5. The Kier molecular flexibility index (Phi) is 4.82. The van der Waals surface area contributed by atoms with Gasteiger partial charge in [0.15, 0.2) is 0 Å². The lowest BCUT2D eigenvalue weighted by molar-refractivity contribution is -0.117. The SMILES string of the molecule is C=C/C(=C\CCC)CC1C(=O)Nc2cccc(OC[C@@H]3CO3)c21. The Morgan fingerprint density at radius 2 is 2.35 bits per heavy atom. The van der Waals surface area contributed by atoms with Crippen LogP contribution < -0.4 is 10.1 Å². The first-order valence-corrected chi connectivity index (χ1v) is 8.22. The van der Waals surface area contributed by atoms with Gasteiger partial charge >= 0.3 is 0 Å². The summed E-state index contributed by atoms with van der Waals surface area (Å²) in [5.74, 6) is 0.589. The highest BCUT2D eigenvalue weighted by Gasteiger charge is 2.34. The first-order chi connectivity index (χ1) is 11.2. The standard InChI is InChI=1S/C19H23NO3/c1-3-5-7-13(4-2)10-15-18-16(20-19(15)21)8-6-9-17(18)23-12-14-11-22-14/h4,6-9,14-15H,2-3,5,10-12H2,1H3,(H,20,21)/b13-7+/t14-,15?/m0/s1. The number of carbonyl (C=O) groups excluding carboxylic acids is 1. The maximum atomic E-state index is 12.4. The van der Waals surface area contributed by atoms with Crippen molar-refractivity contribution >= 4 is 11.6 Å². The van der Waals surface area contributed by atoms with Gasteiger partial charge in [0.25, 0.3) is 0 Å². The summed E-state index contributed by atoms with van der Waals surface area (Å²) in [6.45, 7) is 7.32.